The van der Waals surface area contributed by atoms with Gasteiger partial charge in [-0.25, -0.2) is 4.39 Å². The lowest BCUT2D eigenvalue weighted by molar-refractivity contribution is -0.140. The number of carbonyl (C=O) groups excluding carboxylic acids is 1. The quantitative estimate of drug-likeness (QED) is 0.269. The van der Waals surface area contributed by atoms with Crippen molar-refractivity contribution in [2.45, 2.75) is 38.0 Å². The van der Waals surface area contributed by atoms with Crippen LogP contribution in [0.15, 0.2) is 46.9 Å². The zero-order valence-corrected chi connectivity index (χ0v) is 18.2. The highest BCUT2D eigenvalue weighted by atomic mass is 79.9. The zero-order chi connectivity index (χ0) is 23.6. The van der Waals surface area contributed by atoms with Crippen LogP contribution in [0.3, 0.4) is 0 Å². The molecule has 10 heteroatoms. The number of hydrogen-bond donors (Lipinski definition) is 0. The van der Waals surface area contributed by atoms with Crippen LogP contribution in [0.5, 0.6) is 0 Å². The van der Waals surface area contributed by atoms with E-state index in [0.717, 1.165) is 24.3 Å². The third kappa shape index (κ3) is 6.32. The average molecular weight is 532 g/mol. The highest BCUT2D eigenvalue weighted by Gasteiger charge is 2.40. The summed E-state index contributed by atoms with van der Waals surface area (Å²) < 4.78 is 95.7. The van der Waals surface area contributed by atoms with Crippen LogP contribution >= 0.6 is 27.5 Å². The monoisotopic (exact) mass is 530 g/mol. The maximum atomic E-state index is 14.7. The van der Waals surface area contributed by atoms with E-state index in [1.54, 1.807) is 6.92 Å². The number of Topliss-reactive ketones (excluding diaryl/α,β-unsaturated/α-hetero) is 1. The molecule has 31 heavy (non-hydrogen) atoms. The van der Waals surface area contributed by atoms with Gasteiger partial charge in [0.05, 0.1) is 10.6 Å². The van der Waals surface area contributed by atoms with Crippen molar-refractivity contribution in [3.8, 4) is 0 Å². The molecule has 0 aromatic heterocycles. The lowest BCUT2D eigenvalue weighted by atomic mass is 9.94. The lowest BCUT2D eigenvalue weighted by Crippen LogP contribution is -2.19. The lowest BCUT2D eigenvalue weighted by Gasteiger charge is -2.19. The van der Waals surface area contributed by atoms with E-state index >= 15 is 0 Å². The largest absolute Gasteiger partial charge is 0.417 e. The fraction of sp³-hybridized carbons (Fsp3) is 0.286. The van der Waals surface area contributed by atoms with E-state index in [-0.39, 0.29) is 27.6 Å². The highest BCUT2D eigenvalue weighted by Crippen LogP contribution is 2.41. The molecule has 0 saturated heterocycles. The summed E-state index contributed by atoms with van der Waals surface area (Å²) in [4.78, 5) is 12.0. The minimum absolute atomic E-state index is 0.135. The third-order valence-electron chi connectivity index (χ3n) is 4.35. The van der Waals surface area contributed by atoms with E-state index in [9.17, 15) is 35.5 Å². The number of halogens is 9. The highest BCUT2D eigenvalue weighted by molar-refractivity contribution is 9.10. The summed E-state index contributed by atoms with van der Waals surface area (Å²) >= 11 is 8.76. The second-order valence-electron chi connectivity index (χ2n) is 6.64. The summed E-state index contributed by atoms with van der Waals surface area (Å²) in [7, 11) is 0. The van der Waals surface area contributed by atoms with Crippen LogP contribution in [-0.2, 0) is 6.18 Å². The Morgan fingerprint density at radius 3 is 2.26 bits per heavy atom. The van der Waals surface area contributed by atoms with Gasteiger partial charge >= 0.3 is 12.4 Å². The van der Waals surface area contributed by atoms with Gasteiger partial charge in [0, 0.05) is 22.0 Å². The molecule has 2 aromatic rings. The first kappa shape index (κ1) is 25.4. The molecule has 0 saturated carbocycles. The maximum absolute atomic E-state index is 14.7. The predicted molar refractivity (Wildman–Crippen MR) is 108 cm³/mol. The first-order chi connectivity index (χ1) is 14.3. The molecule has 0 bridgehead atoms. The predicted octanol–water partition coefficient (Wildman–Crippen LogP) is 8.76. The molecule has 1 nitrogen and oxygen atoms in total. The number of ketones is 1. The van der Waals surface area contributed by atoms with Crippen LogP contribution in [0.4, 0.5) is 30.7 Å². The van der Waals surface area contributed by atoms with E-state index in [0.29, 0.717) is 12.5 Å². The van der Waals surface area contributed by atoms with Crippen molar-refractivity contribution in [1.82, 2.24) is 0 Å². The fourth-order valence-electron chi connectivity index (χ4n) is 2.86. The van der Waals surface area contributed by atoms with Crippen molar-refractivity contribution in [3.05, 3.63) is 74.2 Å². The minimum Gasteiger partial charge on any atom is -0.294 e. The molecule has 0 N–H and O–H groups in total. The van der Waals surface area contributed by atoms with Gasteiger partial charge in [0.25, 0.3) is 0 Å². The van der Waals surface area contributed by atoms with Gasteiger partial charge in [-0.05, 0) is 52.2 Å². The average Bonchev–Trinajstić information content (AvgIpc) is 2.66. The Morgan fingerprint density at radius 1 is 1.10 bits per heavy atom. The second-order valence-corrected chi connectivity index (χ2v) is 7.90. The van der Waals surface area contributed by atoms with Gasteiger partial charge in [0.1, 0.15) is 11.7 Å². The van der Waals surface area contributed by atoms with Gasteiger partial charge in [-0.2, -0.15) is 26.3 Å². The van der Waals surface area contributed by atoms with Crippen LogP contribution in [0.1, 0.15) is 52.7 Å². The molecule has 1 unspecified atom stereocenters. The Kier molecular flexibility index (Phi) is 7.97. The molecule has 0 aliphatic rings. The van der Waals surface area contributed by atoms with Crippen molar-refractivity contribution in [3.63, 3.8) is 0 Å². The first-order valence-corrected chi connectivity index (χ1v) is 10.1. The van der Waals surface area contributed by atoms with Gasteiger partial charge in [-0.3, -0.25) is 4.79 Å². The molecule has 168 valence electrons. The fourth-order valence-corrected chi connectivity index (χ4v) is 3.37. The molecule has 2 aromatic carbocycles. The standard InChI is InChI=1S/C21H15BrClF7O/c1-2-3-19(31)13-6-4-12(8-15(13)21(28,29)30)18(24)10-14(20(25,26)27)11-5-7-17(23)16(22)9-11/h4-10,14H,2-3H2,1H3/b18-10-. The molecule has 0 aliphatic carbocycles. The summed E-state index contributed by atoms with van der Waals surface area (Å²) in [5.41, 5.74) is -3.13. The first-order valence-electron chi connectivity index (χ1n) is 8.89. The Bertz CT molecular complexity index is 996. The number of alkyl halides is 6. The summed E-state index contributed by atoms with van der Waals surface area (Å²) in [5, 5.41) is 0.135. The number of allylic oxidation sites excluding steroid dienone is 1. The number of benzene rings is 2. The number of carbonyl (C=O) groups is 1. The van der Waals surface area contributed by atoms with Gasteiger partial charge < -0.3 is 0 Å². The second kappa shape index (κ2) is 9.73. The molecule has 0 radical (unpaired) electrons. The molecule has 0 aliphatic heterocycles. The van der Waals surface area contributed by atoms with Crippen LogP contribution in [0.2, 0.25) is 5.02 Å². The van der Waals surface area contributed by atoms with Crippen molar-refractivity contribution in [2.24, 2.45) is 0 Å². The molecule has 0 spiro atoms. The maximum Gasteiger partial charge on any atom is 0.417 e. The van der Waals surface area contributed by atoms with Crippen molar-refractivity contribution in [1.29, 1.82) is 0 Å². The van der Waals surface area contributed by atoms with E-state index < -0.39 is 46.6 Å². The number of hydrogen-bond acceptors (Lipinski definition) is 1. The van der Waals surface area contributed by atoms with E-state index in [2.05, 4.69) is 15.9 Å². The molecule has 1 atom stereocenters. The normalized spacial score (nSPS) is 13.9. The zero-order valence-electron chi connectivity index (χ0n) is 15.8. The Morgan fingerprint density at radius 2 is 1.74 bits per heavy atom. The van der Waals surface area contributed by atoms with Crippen molar-refractivity contribution >= 4 is 39.1 Å². The molecular weight excluding hydrogens is 517 g/mol. The third-order valence-corrected chi connectivity index (χ3v) is 5.56. The summed E-state index contributed by atoms with van der Waals surface area (Å²) in [6.07, 6.45) is -9.56. The number of rotatable bonds is 6. The topological polar surface area (TPSA) is 17.1 Å². The molecule has 0 amide bonds. The van der Waals surface area contributed by atoms with Gasteiger partial charge in [-0.1, -0.05) is 36.7 Å². The summed E-state index contributed by atoms with van der Waals surface area (Å²) in [5.74, 6) is -4.73. The van der Waals surface area contributed by atoms with Crippen LogP contribution in [0, 0.1) is 0 Å². The van der Waals surface area contributed by atoms with Crippen molar-refractivity contribution < 1.29 is 35.5 Å². The molecular formula is C21H15BrClF7O. The van der Waals surface area contributed by atoms with Crippen LogP contribution in [-0.4, -0.2) is 12.0 Å². The SMILES string of the molecule is CCCC(=O)c1ccc(/C(F)=C/C(c2ccc(Cl)c(Br)c2)C(F)(F)F)cc1C(F)(F)F. The van der Waals surface area contributed by atoms with E-state index in [1.165, 1.54) is 6.07 Å². The van der Waals surface area contributed by atoms with Gasteiger partial charge in [-0.15, -0.1) is 0 Å². The smallest absolute Gasteiger partial charge is 0.294 e. The summed E-state index contributed by atoms with van der Waals surface area (Å²) in [6, 6.07) is 5.27. The Hall–Kier alpha value is -1.87. The Balaban J connectivity index is 2.57. The Labute approximate surface area is 187 Å². The minimum atomic E-state index is -4.99. The van der Waals surface area contributed by atoms with Crippen LogP contribution < -0.4 is 0 Å². The van der Waals surface area contributed by atoms with Crippen LogP contribution in [0.25, 0.3) is 5.83 Å². The van der Waals surface area contributed by atoms with Gasteiger partial charge in [0.2, 0.25) is 0 Å². The molecule has 0 fully saturated rings. The van der Waals surface area contributed by atoms with E-state index in [4.69, 9.17) is 11.6 Å². The van der Waals surface area contributed by atoms with Crippen molar-refractivity contribution in [2.75, 3.05) is 0 Å². The summed E-state index contributed by atoms with van der Waals surface area (Å²) in [6.45, 7) is 1.61. The molecule has 2 rings (SSSR count). The van der Waals surface area contributed by atoms with E-state index in [1.807, 2.05) is 0 Å². The van der Waals surface area contributed by atoms with Gasteiger partial charge in [0.15, 0.2) is 5.78 Å². The molecule has 0 heterocycles.